The van der Waals surface area contributed by atoms with E-state index in [9.17, 15) is 8.42 Å². The van der Waals surface area contributed by atoms with Crippen LogP contribution in [0.4, 0.5) is 0 Å². The molecular formula is C21H24N2O2S. The molecule has 1 fully saturated rings. The first-order valence-corrected chi connectivity index (χ1v) is 10.6. The second kappa shape index (κ2) is 6.99. The molecule has 1 heterocycles. The van der Waals surface area contributed by atoms with Crippen LogP contribution < -0.4 is 4.72 Å². The number of aryl methyl sites for hydroxylation is 1. The molecule has 136 valence electrons. The molecule has 4 nitrogen and oxygen atoms in total. The van der Waals surface area contributed by atoms with E-state index in [-0.39, 0.29) is 12.1 Å². The van der Waals surface area contributed by atoms with Crippen molar-refractivity contribution in [2.24, 2.45) is 0 Å². The molecule has 0 unspecified atom stereocenters. The Morgan fingerprint density at radius 1 is 1.00 bits per heavy atom. The Morgan fingerprint density at radius 2 is 1.69 bits per heavy atom. The highest BCUT2D eigenvalue weighted by Crippen LogP contribution is 2.33. The molecule has 0 aromatic heterocycles. The van der Waals surface area contributed by atoms with Crippen LogP contribution in [0.25, 0.3) is 6.08 Å². The van der Waals surface area contributed by atoms with Gasteiger partial charge in [0.2, 0.25) is 10.0 Å². The van der Waals surface area contributed by atoms with Gasteiger partial charge >= 0.3 is 0 Å². The first-order chi connectivity index (χ1) is 12.5. The number of nitrogens with one attached hydrogen (secondary N) is 1. The summed E-state index contributed by atoms with van der Waals surface area (Å²) in [5, 5.41) is 0. The summed E-state index contributed by atoms with van der Waals surface area (Å²) >= 11 is 0. The smallest absolute Gasteiger partial charge is 0.241 e. The molecule has 5 heteroatoms. The molecule has 0 bridgehead atoms. The fourth-order valence-corrected chi connectivity index (χ4v) is 5.13. The highest BCUT2D eigenvalue weighted by molar-refractivity contribution is 7.89. The maximum Gasteiger partial charge on any atom is 0.241 e. The number of nitrogens with zero attached hydrogens (tertiary/aromatic N) is 1. The van der Waals surface area contributed by atoms with E-state index in [1.54, 1.807) is 12.1 Å². The quantitative estimate of drug-likeness (QED) is 0.898. The average molecular weight is 369 g/mol. The van der Waals surface area contributed by atoms with Crippen molar-refractivity contribution in [2.75, 3.05) is 13.1 Å². The zero-order chi connectivity index (χ0) is 18.1. The van der Waals surface area contributed by atoms with E-state index in [0.717, 1.165) is 29.8 Å². The Labute approximate surface area is 155 Å². The molecule has 2 atom stereocenters. The van der Waals surface area contributed by atoms with Crippen LogP contribution in [-0.4, -0.2) is 32.4 Å². The number of fused-ring (bicyclic) bond motifs is 1. The normalized spacial score (nSPS) is 23.1. The topological polar surface area (TPSA) is 49.4 Å². The minimum absolute atomic E-state index is 0.0487. The molecule has 0 amide bonds. The van der Waals surface area contributed by atoms with Gasteiger partial charge in [0.15, 0.2) is 0 Å². The van der Waals surface area contributed by atoms with Crippen molar-refractivity contribution in [2.45, 2.75) is 36.7 Å². The average Bonchev–Trinajstić information content (AvgIpc) is 3.16. The molecule has 0 saturated carbocycles. The first-order valence-electron chi connectivity index (χ1n) is 9.15. The fraction of sp³-hybridized carbons (Fsp3) is 0.333. The minimum atomic E-state index is -3.59. The van der Waals surface area contributed by atoms with Crippen LogP contribution in [-0.2, 0) is 10.0 Å². The lowest BCUT2D eigenvalue weighted by Crippen LogP contribution is -2.45. The van der Waals surface area contributed by atoms with Crippen LogP contribution in [0.3, 0.4) is 0 Å². The van der Waals surface area contributed by atoms with Crippen molar-refractivity contribution in [3.8, 4) is 0 Å². The third-order valence-electron chi connectivity index (χ3n) is 5.32. The molecule has 1 saturated heterocycles. The van der Waals surface area contributed by atoms with Crippen molar-refractivity contribution in [3.63, 3.8) is 0 Å². The summed E-state index contributed by atoms with van der Waals surface area (Å²) in [6.07, 6.45) is 6.61. The molecule has 2 aliphatic rings. The molecule has 1 N–H and O–H groups in total. The summed E-state index contributed by atoms with van der Waals surface area (Å²) in [7, 11) is -3.59. The summed E-state index contributed by atoms with van der Waals surface area (Å²) in [5.74, 6) is 0. The van der Waals surface area contributed by atoms with E-state index in [0.29, 0.717) is 4.90 Å². The van der Waals surface area contributed by atoms with E-state index < -0.39 is 10.0 Å². The van der Waals surface area contributed by atoms with Crippen molar-refractivity contribution >= 4 is 16.1 Å². The zero-order valence-corrected chi connectivity index (χ0v) is 15.7. The number of rotatable bonds is 4. The van der Waals surface area contributed by atoms with Crippen molar-refractivity contribution < 1.29 is 8.42 Å². The molecule has 4 rings (SSSR count). The van der Waals surface area contributed by atoms with Gasteiger partial charge in [-0.25, -0.2) is 13.1 Å². The van der Waals surface area contributed by atoms with Crippen LogP contribution >= 0.6 is 0 Å². The molecule has 1 aliphatic carbocycles. The summed E-state index contributed by atoms with van der Waals surface area (Å²) in [6.45, 7) is 3.98. The van der Waals surface area contributed by atoms with Gasteiger partial charge < -0.3 is 0 Å². The van der Waals surface area contributed by atoms with Gasteiger partial charge in [-0.1, -0.05) is 54.1 Å². The largest absolute Gasteiger partial charge is 0.295 e. The highest BCUT2D eigenvalue weighted by atomic mass is 32.2. The molecular weight excluding hydrogens is 344 g/mol. The fourth-order valence-electron chi connectivity index (χ4n) is 3.90. The molecule has 2 aromatic carbocycles. The monoisotopic (exact) mass is 368 g/mol. The Kier molecular flexibility index (Phi) is 4.69. The van der Waals surface area contributed by atoms with Crippen LogP contribution in [0.2, 0.25) is 0 Å². The van der Waals surface area contributed by atoms with Crippen molar-refractivity contribution in [1.29, 1.82) is 0 Å². The molecule has 0 radical (unpaired) electrons. The molecule has 2 aromatic rings. The zero-order valence-electron chi connectivity index (χ0n) is 14.9. The van der Waals surface area contributed by atoms with Gasteiger partial charge in [-0.3, -0.25) is 4.90 Å². The standard InChI is InChI=1S/C21H24N2O2S/c1-16-8-11-18(12-9-16)26(24,25)22-21-19-7-3-2-6-17(19)10-13-20(21)23-14-4-5-15-23/h2-3,6-13,20-22H,4-5,14-15H2,1H3/t20-,21-/m0/s1. The van der Waals surface area contributed by atoms with E-state index in [4.69, 9.17) is 0 Å². The Morgan fingerprint density at radius 3 is 2.42 bits per heavy atom. The predicted molar refractivity (Wildman–Crippen MR) is 104 cm³/mol. The lowest BCUT2D eigenvalue weighted by atomic mass is 9.89. The Balaban J connectivity index is 1.70. The summed E-state index contributed by atoms with van der Waals surface area (Å²) in [4.78, 5) is 2.70. The van der Waals surface area contributed by atoms with Crippen LogP contribution in [0.1, 0.15) is 35.6 Å². The van der Waals surface area contributed by atoms with Crippen molar-refractivity contribution in [1.82, 2.24) is 9.62 Å². The van der Waals surface area contributed by atoms with Gasteiger partial charge in [0.1, 0.15) is 0 Å². The van der Waals surface area contributed by atoms with Gasteiger partial charge in [0.05, 0.1) is 10.9 Å². The van der Waals surface area contributed by atoms with Gasteiger partial charge in [-0.15, -0.1) is 0 Å². The summed E-state index contributed by atoms with van der Waals surface area (Å²) in [5.41, 5.74) is 3.17. The van der Waals surface area contributed by atoms with Crippen LogP contribution in [0, 0.1) is 6.92 Å². The van der Waals surface area contributed by atoms with Crippen LogP contribution in [0.5, 0.6) is 0 Å². The minimum Gasteiger partial charge on any atom is -0.295 e. The number of hydrogen-bond acceptors (Lipinski definition) is 3. The lowest BCUT2D eigenvalue weighted by molar-refractivity contribution is 0.243. The third kappa shape index (κ3) is 3.34. The second-order valence-corrected chi connectivity index (χ2v) is 8.85. The third-order valence-corrected chi connectivity index (χ3v) is 6.78. The summed E-state index contributed by atoms with van der Waals surface area (Å²) in [6, 6.07) is 14.8. The number of benzene rings is 2. The predicted octanol–water partition coefficient (Wildman–Crippen LogP) is 3.51. The number of hydrogen-bond donors (Lipinski definition) is 1. The highest BCUT2D eigenvalue weighted by Gasteiger charge is 2.34. The number of likely N-dealkylation sites (tertiary alicyclic amines) is 1. The maximum absolute atomic E-state index is 13.0. The van der Waals surface area contributed by atoms with Gasteiger partial charge in [0, 0.05) is 6.04 Å². The van der Waals surface area contributed by atoms with Crippen LogP contribution in [0.15, 0.2) is 59.5 Å². The van der Waals surface area contributed by atoms with Gasteiger partial charge in [0.25, 0.3) is 0 Å². The lowest BCUT2D eigenvalue weighted by Gasteiger charge is -2.36. The van der Waals surface area contributed by atoms with Gasteiger partial charge in [-0.2, -0.15) is 0 Å². The van der Waals surface area contributed by atoms with E-state index >= 15 is 0 Å². The maximum atomic E-state index is 13.0. The Hall–Kier alpha value is -1.95. The first kappa shape index (κ1) is 17.5. The molecule has 1 aliphatic heterocycles. The van der Waals surface area contributed by atoms with Crippen molar-refractivity contribution in [3.05, 3.63) is 71.3 Å². The SMILES string of the molecule is Cc1ccc(S(=O)(=O)N[C@H]2c3ccccc3C=C[C@@H]2N2CCCC2)cc1. The van der Waals surface area contributed by atoms with E-state index in [1.807, 2.05) is 43.3 Å². The number of sulfonamides is 1. The summed E-state index contributed by atoms with van der Waals surface area (Å²) < 4.78 is 29.0. The molecule has 26 heavy (non-hydrogen) atoms. The van der Waals surface area contributed by atoms with Gasteiger partial charge in [-0.05, 0) is 56.1 Å². The van der Waals surface area contributed by atoms with E-state index in [2.05, 4.69) is 21.8 Å². The second-order valence-electron chi connectivity index (χ2n) is 7.13. The molecule has 0 spiro atoms. The Bertz CT molecular complexity index is 913. The van der Waals surface area contributed by atoms with E-state index in [1.165, 1.54) is 12.8 Å².